The van der Waals surface area contributed by atoms with Gasteiger partial charge in [0.25, 0.3) is 0 Å². The molecule has 36 heavy (non-hydrogen) atoms. The third kappa shape index (κ3) is 6.69. The Kier molecular flexibility index (Phi) is 7.28. The number of carbonyl (C=O) groups excluding carboxylic acids is 1. The van der Waals surface area contributed by atoms with Gasteiger partial charge >= 0.3 is 6.18 Å². The van der Waals surface area contributed by atoms with Crippen LogP contribution in [0.5, 0.6) is 0 Å². The zero-order chi connectivity index (χ0) is 25.5. The van der Waals surface area contributed by atoms with Crippen molar-refractivity contribution in [2.75, 3.05) is 21.3 Å². The first-order chi connectivity index (χ1) is 17.3. The third-order valence-electron chi connectivity index (χ3n) is 4.89. The summed E-state index contributed by atoms with van der Waals surface area (Å²) in [5, 5.41) is 11.5. The lowest BCUT2D eigenvalue weighted by molar-refractivity contribution is -0.137. The first-order valence-corrected chi connectivity index (χ1v) is 10.9. The second-order valence-electron chi connectivity index (χ2n) is 7.72. The number of carbonyl (C=O) groups is 1. The van der Waals surface area contributed by atoms with E-state index in [1.54, 1.807) is 6.92 Å². The standard InChI is InChI=1S/C25H22F3N7O/c1-16(21(36)30-20-14-8-9-17(15-20)25(26,27)28)29-22-33-23(31-18-10-4-2-5-11-18)35-24(34-22)32-19-12-6-3-7-13-19/h2-16H,1H3,(H,30,36)(H3,29,31,32,33,34,35)/t16-/m0/s1. The van der Waals surface area contributed by atoms with Gasteiger partial charge in [0, 0.05) is 17.1 Å². The monoisotopic (exact) mass is 493 g/mol. The van der Waals surface area contributed by atoms with Crippen LogP contribution in [0.4, 0.5) is 48.1 Å². The molecule has 1 heterocycles. The van der Waals surface area contributed by atoms with Gasteiger partial charge in [-0.3, -0.25) is 4.79 Å². The number of hydrogen-bond acceptors (Lipinski definition) is 7. The number of halogens is 3. The highest BCUT2D eigenvalue weighted by atomic mass is 19.4. The minimum Gasteiger partial charge on any atom is -0.342 e. The van der Waals surface area contributed by atoms with Crippen molar-refractivity contribution in [2.24, 2.45) is 0 Å². The maximum atomic E-state index is 13.0. The number of anilines is 6. The van der Waals surface area contributed by atoms with Gasteiger partial charge in [0.05, 0.1) is 5.56 Å². The van der Waals surface area contributed by atoms with Crippen molar-refractivity contribution in [3.8, 4) is 0 Å². The summed E-state index contributed by atoms with van der Waals surface area (Å²) in [6.07, 6.45) is -4.51. The molecule has 4 rings (SSSR count). The van der Waals surface area contributed by atoms with E-state index in [-0.39, 0.29) is 23.5 Å². The molecule has 0 bridgehead atoms. The van der Waals surface area contributed by atoms with Crippen LogP contribution in [-0.4, -0.2) is 26.9 Å². The van der Waals surface area contributed by atoms with E-state index in [0.29, 0.717) is 0 Å². The Morgan fingerprint density at radius 1 is 0.722 bits per heavy atom. The molecule has 0 unspecified atom stereocenters. The Morgan fingerprint density at radius 3 is 1.75 bits per heavy atom. The molecule has 0 fully saturated rings. The number of alkyl halides is 3. The summed E-state index contributed by atoms with van der Waals surface area (Å²) in [7, 11) is 0. The summed E-state index contributed by atoms with van der Waals surface area (Å²) < 4.78 is 38.9. The van der Waals surface area contributed by atoms with Crippen LogP contribution in [0.25, 0.3) is 0 Å². The summed E-state index contributed by atoms with van der Waals surface area (Å²) in [6.45, 7) is 1.54. The maximum absolute atomic E-state index is 13.0. The average molecular weight is 493 g/mol. The molecule has 3 aromatic carbocycles. The Hall–Kier alpha value is -4.67. The van der Waals surface area contributed by atoms with E-state index in [4.69, 9.17) is 0 Å². The number of nitrogens with one attached hydrogen (secondary N) is 4. The minimum absolute atomic E-state index is 0.0250. The molecule has 0 aliphatic rings. The molecule has 1 amide bonds. The number of amides is 1. The van der Waals surface area contributed by atoms with Gasteiger partial charge in [0.15, 0.2) is 0 Å². The Balaban J connectivity index is 1.52. The Labute approximate surface area is 205 Å². The number of benzene rings is 3. The normalized spacial score (nSPS) is 11.9. The maximum Gasteiger partial charge on any atom is 0.416 e. The van der Waals surface area contributed by atoms with E-state index >= 15 is 0 Å². The zero-order valence-electron chi connectivity index (χ0n) is 19.0. The highest BCUT2D eigenvalue weighted by molar-refractivity contribution is 5.96. The number of aromatic nitrogens is 3. The molecule has 4 aromatic rings. The van der Waals surface area contributed by atoms with E-state index in [1.807, 2.05) is 60.7 Å². The van der Waals surface area contributed by atoms with Crippen molar-refractivity contribution in [2.45, 2.75) is 19.1 Å². The fraction of sp³-hybridized carbons (Fsp3) is 0.120. The molecule has 1 aromatic heterocycles. The molecule has 0 radical (unpaired) electrons. The molecular weight excluding hydrogens is 471 g/mol. The predicted octanol–water partition coefficient (Wildman–Crippen LogP) is 5.82. The molecule has 0 saturated heterocycles. The van der Waals surface area contributed by atoms with Crippen molar-refractivity contribution in [3.05, 3.63) is 90.5 Å². The van der Waals surface area contributed by atoms with Gasteiger partial charge < -0.3 is 21.3 Å². The van der Waals surface area contributed by atoms with E-state index in [2.05, 4.69) is 36.2 Å². The molecule has 4 N–H and O–H groups in total. The van der Waals surface area contributed by atoms with Gasteiger partial charge in [-0.25, -0.2) is 0 Å². The average Bonchev–Trinajstić information content (AvgIpc) is 2.85. The van der Waals surface area contributed by atoms with Crippen LogP contribution < -0.4 is 21.3 Å². The zero-order valence-corrected chi connectivity index (χ0v) is 19.0. The van der Waals surface area contributed by atoms with Crippen LogP contribution in [0, 0.1) is 0 Å². The van der Waals surface area contributed by atoms with Gasteiger partial charge in [-0.2, -0.15) is 28.1 Å². The van der Waals surface area contributed by atoms with Crippen molar-refractivity contribution in [1.82, 2.24) is 15.0 Å². The molecule has 0 spiro atoms. The second kappa shape index (κ2) is 10.7. The summed E-state index contributed by atoms with van der Waals surface area (Å²) in [6, 6.07) is 22.1. The first-order valence-electron chi connectivity index (χ1n) is 10.9. The first kappa shape index (κ1) is 24.5. The van der Waals surface area contributed by atoms with Crippen LogP contribution in [-0.2, 0) is 11.0 Å². The fourth-order valence-electron chi connectivity index (χ4n) is 3.14. The van der Waals surface area contributed by atoms with E-state index in [9.17, 15) is 18.0 Å². The number of rotatable bonds is 8. The van der Waals surface area contributed by atoms with Gasteiger partial charge in [-0.05, 0) is 49.4 Å². The van der Waals surface area contributed by atoms with Crippen molar-refractivity contribution < 1.29 is 18.0 Å². The van der Waals surface area contributed by atoms with E-state index in [0.717, 1.165) is 23.5 Å². The Bertz CT molecular complexity index is 1260. The fourth-order valence-corrected chi connectivity index (χ4v) is 3.14. The lowest BCUT2D eigenvalue weighted by atomic mass is 10.2. The number of hydrogen-bond donors (Lipinski definition) is 4. The van der Waals surface area contributed by atoms with Crippen LogP contribution in [0.15, 0.2) is 84.9 Å². The topological polar surface area (TPSA) is 104 Å². The lowest BCUT2D eigenvalue weighted by Gasteiger charge is -2.16. The molecular formula is C25H22F3N7O. The van der Waals surface area contributed by atoms with E-state index in [1.165, 1.54) is 12.1 Å². The smallest absolute Gasteiger partial charge is 0.342 e. The van der Waals surface area contributed by atoms with Gasteiger partial charge in [0.1, 0.15) is 6.04 Å². The van der Waals surface area contributed by atoms with Crippen molar-refractivity contribution >= 4 is 40.8 Å². The summed E-state index contributed by atoms with van der Waals surface area (Å²) in [4.78, 5) is 25.7. The number of nitrogens with zero attached hydrogens (tertiary/aromatic N) is 3. The highest BCUT2D eigenvalue weighted by Crippen LogP contribution is 2.30. The molecule has 0 aliphatic heterocycles. The van der Waals surface area contributed by atoms with E-state index < -0.39 is 23.7 Å². The highest BCUT2D eigenvalue weighted by Gasteiger charge is 2.30. The SMILES string of the molecule is C[C@H](Nc1nc(Nc2ccccc2)nc(Nc2ccccc2)n1)C(=O)Nc1cccc(C(F)(F)F)c1. The van der Waals surface area contributed by atoms with Crippen LogP contribution in [0.3, 0.4) is 0 Å². The van der Waals surface area contributed by atoms with Gasteiger partial charge in [-0.1, -0.05) is 42.5 Å². The summed E-state index contributed by atoms with van der Waals surface area (Å²) in [5.74, 6) is -0.0244. The van der Waals surface area contributed by atoms with Crippen LogP contribution >= 0.6 is 0 Å². The molecule has 0 saturated carbocycles. The Morgan fingerprint density at radius 2 is 1.22 bits per heavy atom. The molecule has 11 heteroatoms. The quantitative estimate of drug-likeness (QED) is 0.245. The largest absolute Gasteiger partial charge is 0.416 e. The molecule has 184 valence electrons. The minimum atomic E-state index is -4.51. The summed E-state index contributed by atoms with van der Waals surface area (Å²) in [5.41, 5.74) is 0.662. The third-order valence-corrected chi connectivity index (χ3v) is 4.89. The molecule has 0 aliphatic carbocycles. The summed E-state index contributed by atoms with van der Waals surface area (Å²) >= 11 is 0. The van der Waals surface area contributed by atoms with Crippen LogP contribution in [0.1, 0.15) is 12.5 Å². The predicted molar refractivity (Wildman–Crippen MR) is 132 cm³/mol. The van der Waals surface area contributed by atoms with Gasteiger partial charge in [0.2, 0.25) is 23.8 Å². The molecule has 1 atom stereocenters. The van der Waals surface area contributed by atoms with Gasteiger partial charge in [-0.15, -0.1) is 0 Å². The second-order valence-corrected chi connectivity index (χ2v) is 7.72. The van der Waals surface area contributed by atoms with Crippen LogP contribution in [0.2, 0.25) is 0 Å². The number of para-hydroxylation sites is 2. The molecule has 8 nitrogen and oxygen atoms in total. The van der Waals surface area contributed by atoms with Crippen molar-refractivity contribution in [1.29, 1.82) is 0 Å². The lowest BCUT2D eigenvalue weighted by Crippen LogP contribution is -2.32. The van der Waals surface area contributed by atoms with Crippen molar-refractivity contribution in [3.63, 3.8) is 0 Å².